The van der Waals surface area contributed by atoms with Crippen LogP contribution < -0.4 is 0 Å². The van der Waals surface area contributed by atoms with E-state index in [2.05, 4.69) is 31.8 Å². The van der Waals surface area contributed by atoms with Crippen molar-refractivity contribution in [2.45, 2.75) is 45.6 Å². The van der Waals surface area contributed by atoms with Gasteiger partial charge in [-0.15, -0.1) is 0 Å². The van der Waals surface area contributed by atoms with Crippen molar-refractivity contribution in [1.82, 2.24) is 0 Å². The average Bonchev–Trinajstić information content (AvgIpc) is 1.89. The van der Waals surface area contributed by atoms with Crippen molar-refractivity contribution in [3.63, 3.8) is 0 Å². The molecule has 0 saturated heterocycles. The Morgan fingerprint density at radius 1 is 1.50 bits per heavy atom. The summed E-state index contributed by atoms with van der Waals surface area (Å²) in [7, 11) is 0. The predicted octanol–water partition coefficient (Wildman–Crippen LogP) is 2.71. The molecule has 0 aliphatic heterocycles. The van der Waals surface area contributed by atoms with E-state index in [1.54, 1.807) is 0 Å². The van der Waals surface area contributed by atoms with E-state index >= 15 is 0 Å². The lowest BCUT2D eigenvalue weighted by Gasteiger charge is -2.20. The predicted molar refractivity (Wildman–Crippen MR) is 43.8 cm³/mol. The molecule has 0 aliphatic rings. The fraction of sp³-hybridized carbons (Fsp3) is 0.875. The van der Waals surface area contributed by atoms with Crippen LogP contribution in [0, 0.1) is 5.41 Å². The van der Waals surface area contributed by atoms with Gasteiger partial charge in [0.05, 0.1) is 11.5 Å². The Hall–Kier alpha value is -0.620. The van der Waals surface area contributed by atoms with Gasteiger partial charge >= 0.3 is 0 Å². The van der Waals surface area contributed by atoms with Crippen molar-refractivity contribution < 1.29 is 0 Å². The maximum absolute atomic E-state index is 6.72. The number of aliphatic imine (C=N–C) groups is 1. The standard InChI is InChI=1S/C8H16N2/c1-4-6-8(3,5-2)10-7-9/h9H,4-6H2,1-3H3. The second-order valence-corrected chi connectivity index (χ2v) is 2.82. The molecule has 0 aliphatic carbocycles. The minimum absolute atomic E-state index is 0.0312. The molecule has 2 heteroatoms. The minimum atomic E-state index is -0.0312. The quantitative estimate of drug-likeness (QED) is 0.583. The summed E-state index contributed by atoms with van der Waals surface area (Å²) >= 11 is 0. The van der Waals surface area contributed by atoms with Gasteiger partial charge in [-0.05, 0) is 19.8 Å². The van der Waals surface area contributed by atoms with E-state index in [1.165, 1.54) is 0 Å². The van der Waals surface area contributed by atoms with E-state index in [0.29, 0.717) is 0 Å². The highest BCUT2D eigenvalue weighted by Gasteiger charge is 2.18. The van der Waals surface area contributed by atoms with Gasteiger partial charge in [-0.25, -0.2) is 10.4 Å². The van der Waals surface area contributed by atoms with Crippen molar-refractivity contribution in [2.24, 2.45) is 4.99 Å². The molecule has 2 nitrogen and oxygen atoms in total. The maximum atomic E-state index is 6.72. The van der Waals surface area contributed by atoms with Crippen molar-refractivity contribution in [2.75, 3.05) is 0 Å². The summed E-state index contributed by atoms with van der Waals surface area (Å²) in [5.41, 5.74) is -0.0312. The smallest absolute Gasteiger partial charge is 0.0867 e. The second-order valence-electron chi connectivity index (χ2n) is 2.82. The Morgan fingerprint density at radius 3 is 2.40 bits per heavy atom. The zero-order valence-electron chi connectivity index (χ0n) is 7.07. The molecule has 0 spiro atoms. The molecule has 58 valence electrons. The summed E-state index contributed by atoms with van der Waals surface area (Å²) in [5.74, 6) is 0. The van der Waals surface area contributed by atoms with Gasteiger partial charge in [-0.2, -0.15) is 0 Å². The van der Waals surface area contributed by atoms with Crippen LogP contribution in [0.3, 0.4) is 0 Å². The van der Waals surface area contributed by atoms with Crippen molar-refractivity contribution in [3.8, 4) is 0 Å². The first kappa shape index (κ1) is 9.38. The summed E-state index contributed by atoms with van der Waals surface area (Å²) in [6.45, 7) is 6.29. The third-order valence-electron chi connectivity index (χ3n) is 1.88. The summed E-state index contributed by atoms with van der Waals surface area (Å²) in [4.78, 5) is 3.98. The molecule has 0 aromatic carbocycles. The molecular formula is C8H16N2. The third-order valence-corrected chi connectivity index (χ3v) is 1.88. The van der Waals surface area contributed by atoms with Crippen LogP contribution in [0.2, 0.25) is 0 Å². The van der Waals surface area contributed by atoms with E-state index < -0.39 is 0 Å². The molecule has 1 unspecified atom stereocenters. The van der Waals surface area contributed by atoms with Gasteiger partial charge in [0.25, 0.3) is 0 Å². The van der Waals surface area contributed by atoms with E-state index in [0.717, 1.165) is 19.3 Å². The first-order chi connectivity index (χ1) is 4.68. The lowest BCUT2D eigenvalue weighted by Crippen LogP contribution is -2.19. The fourth-order valence-corrected chi connectivity index (χ4v) is 0.985. The number of hydrogen-bond acceptors (Lipinski definition) is 2. The molecule has 0 fully saturated rings. The molecule has 0 amide bonds. The summed E-state index contributed by atoms with van der Waals surface area (Å²) in [6, 6.07) is 2.12. The number of rotatable bonds is 4. The van der Waals surface area contributed by atoms with Crippen LogP contribution in [0.15, 0.2) is 4.99 Å². The largest absolute Gasteiger partial charge is 0.242 e. The Labute approximate surface area is 62.9 Å². The summed E-state index contributed by atoms with van der Waals surface area (Å²) < 4.78 is 0. The first-order valence-corrected chi connectivity index (χ1v) is 3.82. The molecule has 0 radical (unpaired) electrons. The van der Waals surface area contributed by atoms with Crippen LogP contribution in [-0.2, 0) is 0 Å². The SMILES string of the molecule is CCCC(C)(CC)N=C=N. The van der Waals surface area contributed by atoms with Crippen molar-refractivity contribution in [1.29, 1.82) is 5.41 Å². The first-order valence-electron chi connectivity index (χ1n) is 3.82. The van der Waals surface area contributed by atoms with Crippen LogP contribution in [0.4, 0.5) is 0 Å². The molecule has 0 saturated carbocycles. The van der Waals surface area contributed by atoms with E-state index in [-0.39, 0.29) is 5.54 Å². The lowest BCUT2D eigenvalue weighted by molar-refractivity contribution is 0.419. The number of nitrogens with one attached hydrogen (secondary N) is 1. The van der Waals surface area contributed by atoms with Gasteiger partial charge in [0.15, 0.2) is 0 Å². The number of nitrogens with zero attached hydrogens (tertiary/aromatic N) is 1. The molecule has 0 bridgehead atoms. The molecule has 0 aromatic heterocycles. The highest BCUT2D eigenvalue weighted by atomic mass is 14.8. The Bertz CT molecular complexity index is 136. The normalized spacial score (nSPS) is 15.5. The highest BCUT2D eigenvalue weighted by molar-refractivity contribution is 5.37. The van der Waals surface area contributed by atoms with Crippen molar-refractivity contribution >= 4 is 6.01 Å². The molecule has 1 atom stereocenters. The maximum Gasteiger partial charge on any atom is 0.0867 e. The summed E-state index contributed by atoms with van der Waals surface area (Å²) in [6.07, 6.45) is 3.16. The van der Waals surface area contributed by atoms with Crippen LogP contribution >= 0.6 is 0 Å². The van der Waals surface area contributed by atoms with E-state index in [9.17, 15) is 0 Å². The molecule has 0 heterocycles. The van der Waals surface area contributed by atoms with Gasteiger partial charge < -0.3 is 0 Å². The van der Waals surface area contributed by atoms with Crippen molar-refractivity contribution in [3.05, 3.63) is 0 Å². The molecule has 10 heavy (non-hydrogen) atoms. The Kier molecular flexibility index (Phi) is 3.97. The van der Waals surface area contributed by atoms with Gasteiger partial charge in [-0.1, -0.05) is 20.3 Å². The van der Waals surface area contributed by atoms with Gasteiger partial charge in [0, 0.05) is 0 Å². The van der Waals surface area contributed by atoms with Crippen LogP contribution in [-0.4, -0.2) is 11.5 Å². The van der Waals surface area contributed by atoms with Gasteiger partial charge in [0.1, 0.15) is 0 Å². The van der Waals surface area contributed by atoms with Crippen LogP contribution in [0.1, 0.15) is 40.0 Å². The fourth-order valence-electron chi connectivity index (χ4n) is 0.985. The van der Waals surface area contributed by atoms with Gasteiger partial charge in [0.2, 0.25) is 0 Å². The van der Waals surface area contributed by atoms with E-state index in [1.807, 2.05) is 0 Å². The Balaban J connectivity index is 4.07. The lowest BCUT2D eigenvalue weighted by atomic mass is 9.94. The van der Waals surface area contributed by atoms with Crippen LogP contribution in [0.5, 0.6) is 0 Å². The molecule has 0 rings (SSSR count). The molecule has 1 N–H and O–H groups in total. The summed E-state index contributed by atoms with van der Waals surface area (Å²) in [5, 5.41) is 6.72. The number of hydrogen-bond donors (Lipinski definition) is 1. The minimum Gasteiger partial charge on any atom is -0.242 e. The highest BCUT2D eigenvalue weighted by Crippen LogP contribution is 2.20. The monoisotopic (exact) mass is 140 g/mol. The third kappa shape index (κ3) is 2.79. The van der Waals surface area contributed by atoms with Crippen LogP contribution in [0.25, 0.3) is 0 Å². The Morgan fingerprint density at radius 2 is 2.10 bits per heavy atom. The van der Waals surface area contributed by atoms with E-state index in [4.69, 9.17) is 5.41 Å². The second kappa shape index (κ2) is 4.24. The topological polar surface area (TPSA) is 36.2 Å². The molecular weight excluding hydrogens is 124 g/mol. The molecule has 0 aromatic rings. The van der Waals surface area contributed by atoms with Gasteiger partial charge in [-0.3, -0.25) is 0 Å². The zero-order chi connectivity index (χ0) is 8.04. The average molecular weight is 140 g/mol. The zero-order valence-corrected chi connectivity index (χ0v) is 7.07.